The molecule has 3 nitrogen and oxygen atoms in total. The molecule has 1 amide bonds. The Kier molecular flexibility index (Phi) is 4.58. The first-order valence-corrected chi connectivity index (χ1v) is 5.51. The molecule has 1 aliphatic rings. The topological polar surface area (TPSA) is 32.3 Å². The van der Waals surface area contributed by atoms with E-state index in [-0.39, 0.29) is 18.5 Å². The lowest BCUT2D eigenvalue weighted by atomic mass is 10.3. The molecule has 0 bridgehead atoms. The Morgan fingerprint density at radius 2 is 2.06 bits per heavy atom. The Labute approximate surface area is 93.0 Å². The van der Waals surface area contributed by atoms with Crippen molar-refractivity contribution in [3.63, 3.8) is 0 Å². The Morgan fingerprint density at radius 1 is 1.44 bits per heavy atom. The fourth-order valence-corrected chi connectivity index (χ4v) is 1.55. The van der Waals surface area contributed by atoms with Crippen LogP contribution in [0.5, 0.6) is 0 Å². The summed E-state index contributed by atoms with van der Waals surface area (Å²) >= 11 is 0. The molecule has 0 spiro atoms. The van der Waals surface area contributed by atoms with Gasteiger partial charge in [0.25, 0.3) is 0 Å². The summed E-state index contributed by atoms with van der Waals surface area (Å²) < 4.78 is 35.5. The van der Waals surface area contributed by atoms with Crippen LogP contribution in [0.2, 0.25) is 0 Å². The molecule has 1 fully saturated rings. The molecule has 1 N–H and O–H groups in total. The zero-order valence-corrected chi connectivity index (χ0v) is 9.31. The van der Waals surface area contributed by atoms with Gasteiger partial charge < -0.3 is 10.2 Å². The number of nitrogens with one attached hydrogen (secondary N) is 1. The van der Waals surface area contributed by atoms with Gasteiger partial charge in [-0.15, -0.1) is 0 Å². The largest absolute Gasteiger partial charge is 0.401 e. The van der Waals surface area contributed by atoms with Crippen LogP contribution < -0.4 is 5.32 Å². The number of halogens is 3. The van der Waals surface area contributed by atoms with Gasteiger partial charge in [-0.3, -0.25) is 4.79 Å². The molecular formula is C10H17F3N2O. The Morgan fingerprint density at radius 3 is 2.50 bits per heavy atom. The van der Waals surface area contributed by atoms with Gasteiger partial charge in [-0.2, -0.15) is 13.2 Å². The molecule has 0 aromatic heterocycles. The molecule has 1 aliphatic carbocycles. The summed E-state index contributed by atoms with van der Waals surface area (Å²) in [6.07, 6.45) is -1.47. The molecule has 0 aromatic carbocycles. The summed E-state index contributed by atoms with van der Waals surface area (Å²) in [5, 5.41) is 2.13. The second kappa shape index (κ2) is 5.52. The fourth-order valence-electron chi connectivity index (χ4n) is 1.55. The second-order valence-electron chi connectivity index (χ2n) is 4.04. The van der Waals surface area contributed by atoms with Gasteiger partial charge in [0.05, 0.1) is 13.1 Å². The molecule has 6 heteroatoms. The lowest BCUT2D eigenvalue weighted by molar-refractivity contribution is -0.134. The maximum absolute atomic E-state index is 11.8. The Hall–Kier alpha value is -0.780. The van der Waals surface area contributed by atoms with Crippen molar-refractivity contribution < 1.29 is 18.0 Å². The molecule has 0 aromatic rings. The maximum atomic E-state index is 11.8. The van der Waals surface area contributed by atoms with Crippen molar-refractivity contribution in [1.29, 1.82) is 0 Å². The van der Waals surface area contributed by atoms with Crippen molar-refractivity contribution in [3.05, 3.63) is 0 Å². The highest BCUT2D eigenvalue weighted by atomic mass is 19.4. The minimum Gasteiger partial charge on any atom is -0.339 e. The van der Waals surface area contributed by atoms with E-state index in [4.69, 9.17) is 0 Å². The van der Waals surface area contributed by atoms with Gasteiger partial charge in [-0.05, 0) is 19.3 Å². The number of rotatable bonds is 6. The molecule has 0 aliphatic heterocycles. The molecule has 16 heavy (non-hydrogen) atoms. The molecule has 0 heterocycles. The summed E-state index contributed by atoms with van der Waals surface area (Å²) in [6, 6.07) is 0.264. The first kappa shape index (κ1) is 13.3. The van der Waals surface area contributed by atoms with Gasteiger partial charge >= 0.3 is 6.18 Å². The van der Waals surface area contributed by atoms with Crippen LogP contribution in [0.25, 0.3) is 0 Å². The number of hydrogen-bond acceptors (Lipinski definition) is 2. The molecular weight excluding hydrogens is 221 g/mol. The number of amides is 1. The van der Waals surface area contributed by atoms with Crippen LogP contribution >= 0.6 is 0 Å². The average Bonchev–Trinajstić information content (AvgIpc) is 2.95. The van der Waals surface area contributed by atoms with Crippen molar-refractivity contribution in [1.82, 2.24) is 10.2 Å². The van der Waals surface area contributed by atoms with E-state index >= 15 is 0 Å². The number of carbonyl (C=O) groups excluding carboxylic acids is 1. The van der Waals surface area contributed by atoms with Crippen LogP contribution in [0.3, 0.4) is 0 Å². The second-order valence-corrected chi connectivity index (χ2v) is 4.04. The minimum absolute atomic E-state index is 0.226. The molecule has 1 saturated carbocycles. The molecule has 0 saturated heterocycles. The van der Waals surface area contributed by atoms with E-state index in [2.05, 4.69) is 5.32 Å². The predicted octanol–water partition coefficient (Wildman–Crippen LogP) is 1.54. The van der Waals surface area contributed by atoms with Crippen LogP contribution in [0, 0.1) is 0 Å². The van der Waals surface area contributed by atoms with E-state index in [1.807, 2.05) is 6.92 Å². The predicted molar refractivity (Wildman–Crippen MR) is 54.0 cm³/mol. The van der Waals surface area contributed by atoms with Gasteiger partial charge in [0.1, 0.15) is 0 Å². The van der Waals surface area contributed by atoms with E-state index in [0.717, 1.165) is 19.3 Å². The van der Waals surface area contributed by atoms with Crippen LogP contribution in [-0.4, -0.2) is 42.7 Å². The highest BCUT2D eigenvalue weighted by molar-refractivity contribution is 5.78. The monoisotopic (exact) mass is 238 g/mol. The van der Waals surface area contributed by atoms with E-state index in [0.29, 0.717) is 6.54 Å². The zero-order valence-electron chi connectivity index (χ0n) is 9.31. The molecule has 1 rings (SSSR count). The minimum atomic E-state index is -4.25. The molecule has 94 valence electrons. The lowest BCUT2D eigenvalue weighted by Gasteiger charge is -2.22. The Balaban J connectivity index is 2.26. The number of hydrogen-bond donors (Lipinski definition) is 1. The highest BCUT2D eigenvalue weighted by Crippen LogP contribution is 2.26. The Bertz CT molecular complexity index is 239. The van der Waals surface area contributed by atoms with Crippen LogP contribution in [0.1, 0.15) is 26.2 Å². The quantitative estimate of drug-likeness (QED) is 0.761. The van der Waals surface area contributed by atoms with Gasteiger partial charge in [0.2, 0.25) is 5.91 Å². The van der Waals surface area contributed by atoms with Gasteiger partial charge in [-0.25, -0.2) is 0 Å². The van der Waals surface area contributed by atoms with Crippen molar-refractivity contribution in [3.8, 4) is 0 Å². The summed E-state index contributed by atoms with van der Waals surface area (Å²) in [4.78, 5) is 13.3. The van der Waals surface area contributed by atoms with Crippen LogP contribution in [0.4, 0.5) is 13.2 Å². The zero-order chi connectivity index (χ0) is 12.2. The lowest BCUT2D eigenvalue weighted by Crippen LogP contribution is -2.42. The number of alkyl halides is 3. The summed E-state index contributed by atoms with van der Waals surface area (Å²) in [5.74, 6) is -0.228. The van der Waals surface area contributed by atoms with Crippen LogP contribution in [-0.2, 0) is 4.79 Å². The normalized spacial score (nSPS) is 16.2. The van der Waals surface area contributed by atoms with E-state index in [1.54, 1.807) is 4.90 Å². The van der Waals surface area contributed by atoms with E-state index in [1.165, 1.54) is 0 Å². The van der Waals surface area contributed by atoms with Crippen LogP contribution in [0.15, 0.2) is 0 Å². The maximum Gasteiger partial charge on any atom is 0.401 e. The summed E-state index contributed by atoms with van der Waals surface area (Å²) in [7, 11) is 0. The first-order chi connectivity index (χ1) is 7.44. The van der Waals surface area contributed by atoms with E-state index < -0.39 is 12.7 Å². The summed E-state index contributed by atoms with van der Waals surface area (Å²) in [5.41, 5.74) is 0. The number of nitrogens with zero attached hydrogens (tertiary/aromatic N) is 1. The van der Waals surface area contributed by atoms with Crippen molar-refractivity contribution in [2.75, 3.05) is 19.6 Å². The van der Waals surface area contributed by atoms with Crippen molar-refractivity contribution >= 4 is 5.91 Å². The molecule has 0 atom stereocenters. The number of carbonyl (C=O) groups is 1. The fraction of sp³-hybridized carbons (Fsp3) is 0.900. The third-order valence-electron chi connectivity index (χ3n) is 2.37. The smallest absolute Gasteiger partial charge is 0.339 e. The van der Waals surface area contributed by atoms with Gasteiger partial charge in [0.15, 0.2) is 0 Å². The van der Waals surface area contributed by atoms with Gasteiger partial charge in [0, 0.05) is 12.6 Å². The first-order valence-electron chi connectivity index (χ1n) is 5.51. The highest BCUT2D eigenvalue weighted by Gasteiger charge is 2.32. The molecule has 0 radical (unpaired) electrons. The van der Waals surface area contributed by atoms with Crippen molar-refractivity contribution in [2.24, 2.45) is 0 Å². The average molecular weight is 238 g/mol. The SMILES string of the molecule is CCCN(C(=O)CNCC(F)(F)F)C1CC1. The third kappa shape index (κ3) is 4.83. The third-order valence-corrected chi connectivity index (χ3v) is 2.37. The summed E-state index contributed by atoms with van der Waals surface area (Å²) in [6.45, 7) is 1.25. The standard InChI is InChI=1S/C10H17F3N2O/c1-2-5-15(8-3-4-8)9(16)6-14-7-10(11,12)13/h8,14H,2-7H2,1H3. The van der Waals surface area contributed by atoms with Crippen molar-refractivity contribution in [2.45, 2.75) is 38.4 Å². The molecule has 0 unspecified atom stereocenters. The van der Waals surface area contributed by atoms with Gasteiger partial charge in [-0.1, -0.05) is 6.92 Å². The van der Waals surface area contributed by atoms with E-state index in [9.17, 15) is 18.0 Å².